The molecule has 132 valence electrons. The van der Waals surface area contributed by atoms with Crippen LogP contribution in [0.4, 0.5) is 18.0 Å². The smallest absolute Gasteiger partial charge is 0.405 e. The normalized spacial score (nSPS) is 27.5. The van der Waals surface area contributed by atoms with E-state index in [0.29, 0.717) is 10.6 Å². The molecule has 0 bridgehead atoms. The fraction of sp³-hybridized carbons (Fsp3) is 0.467. The van der Waals surface area contributed by atoms with Crippen molar-refractivity contribution in [2.24, 2.45) is 0 Å². The maximum atomic E-state index is 13.0. The Morgan fingerprint density at radius 2 is 2.17 bits per heavy atom. The van der Waals surface area contributed by atoms with Gasteiger partial charge in [0.2, 0.25) is 5.91 Å². The zero-order valence-electron chi connectivity index (χ0n) is 12.7. The molecule has 0 unspecified atom stereocenters. The number of hydrogen-bond acceptors (Lipinski definition) is 2. The summed E-state index contributed by atoms with van der Waals surface area (Å²) in [4.78, 5) is 23.2. The summed E-state index contributed by atoms with van der Waals surface area (Å²) < 4.78 is 38.9. The summed E-state index contributed by atoms with van der Waals surface area (Å²) in [5.41, 5.74) is -1.64. The third kappa shape index (κ3) is 4.11. The molecule has 3 atom stereocenters. The molecule has 3 N–H and O–H groups in total. The van der Waals surface area contributed by atoms with Gasteiger partial charge in [0.15, 0.2) is 0 Å². The quantitative estimate of drug-likeness (QED) is 0.770. The van der Waals surface area contributed by atoms with Gasteiger partial charge in [-0.3, -0.25) is 4.79 Å². The fourth-order valence-corrected chi connectivity index (χ4v) is 3.28. The molecule has 0 aliphatic carbocycles. The van der Waals surface area contributed by atoms with Crippen LogP contribution in [0, 0.1) is 0 Å². The third-order valence-electron chi connectivity index (χ3n) is 4.09. The number of benzene rings is 1. The van der Waals surface area contributed by atoms with Gasteiger partial charge in [0.05, 0.1) is 6.42 Å². The molecule has 1 fully saturated rings. The van der Waals surface area contributed by atoms with Crippen molar-refractivity contribution in [3.05, 3.63) is 34.9 Å². The Bertz CT molecular complexity index is 653. The Labute approximate surface area is 141 Å². The molecule has 0 saturated carbocycles. The third-order valence-corrected chi connectivity index (χ3v) is 4.33. The minimum absolute atomic E-state index is 0.313. The first kappa shape index (κ1) is 18.4. The van der Waals surface area contributed by atoms with Gasteiger partial charge in [-0.2, -0.15) is 13.2 Å². The van der Waals surface area contributed by atoms with Crippen LogP contribution in [0.5, 0.6) is 0 Å². The van der Waals surface area contributed by atoms with E-state index in [1.54, 1.807) is 36.5 Å². The van der Waals surface area contributed by atoms with Crippen molar-refractivity contribution in [2.75, 3.05) is 0 Å². The minimum Gasteiger partial charge on any atom is -0.465 e. The summed E-state index contributed by atoms with van der Waals surface area (Å²) in [5, 5.41) is 13.6. The molecule has 1 aliphatic heterocycles. The Kier molecular flexibility index (Phi) is 4.98. The summed E-state index contributed by atoms with van der Waals surface area (Å²) in [7, 11) is 0. The topological polar surface area (TPSA) is 78.4 Å². The van der Waals surface area contributed by atoms with E-state index in [0.717, 1.165) is 0 Å². The van der Waals surface area contributed by atoms with Gasteiger partial charge in [0.25, 0.3) is 0 Å². The molecule has 1 heterocycles. The number of amides is 2. The van der Waals surface area contributed by atoms with Crippen LogP contribution >= 0.6 is 11.6 Å². The number of rotatable bonds is 3. The SMILES string of the molecule is C[C@H]1NC(=O)[C@](CC(F)(F)F)(NC(=O)O)C[C@H]1c1cccc(Cl)c1. The first-order chi connectivity index (χ1) is 11.0. The van der Waals surface area contributed by atoms with Crippen molar-refractivity contribution in [3.8, 4) is 0 Å². The van der Waals surface area contributed by atoms with Crippen LogP contribution in [-0.2, 0) is 4.79 Å². The molecule has 0 spiro atoms. The Morgan fingerprint density at radius 1 is 1.50 bits per heavy atom. The van der Waals surface area contributed by atoms with E-state index in [-0.39, 0.29) is 6.42 Å². The molecule has 0 radical (unpaired) electrons. The number of hydrogen-bond donors (Lipinski definition) is 3. The van der Waals surface area contributed by atoms with Gasteiger partial charge in [-0.05, 0) is 31.0 Å². The Hall–Kier alpha value is -1.96. The van der Waals surface area contributed by atoms with Gasteiger partial charge < -0.3 is 15.7 Å². The second-order valence-corrected chi connectivity index (χ2v) is 6.37. The van der Waals surface area contributed by atoms with Crippen LogP contribution in [-0.4, -0.2) is 34.9 Å². The standard InChI is InChI=1S/C15H16ClF3N2O3/c1-8-11(9-3-2-4-10(16)5-9)6-14(12(22)20-8,21-13(23)24)7-15(17,18)19/h2-5,8,11,21H,6-7H2,1H3,(H,20,22)(H,23,24)/t8-,11-,14+/m1/s1. The van der Waals surface area contributed by atoms with E-state index in [1.807, 2.05) is 0 Å². The number of nitrogens with one attached hydrogen (secondary N) is 2. The van der Waals surface area contributed by atoms with Gasteiger partial charge >= 0.3 is 12.3 Å². The van der Waals surface area contributed by atoms with E-state index in [9.17, 15) is 22.8 Å². The molecular formula is C15H16ClF3N2O3. The molecular weight excluding hydrogens is 349 g/mol. The highest BCUT2D eigenvalue weighted by atomic mass is 35.5. The van der Waals surface area contributed by atoms with Gasteiger partial charge in [-0.1, -0.05) is 23.7 Å². The number of carbonyl (C=O) groups is 2. The van der Waals surface area contributed by atoms with Crippen LogP contribution < -0.4 is 10.6 Å². The van der Waals surface area contributed by atoms with E-state index in [4.69, 9.17) is 16.7 Å². The lowest BCUT2D eigenvalue weighted by Gasteiger charge is -2.43. The zero-order valence-corrected chi connectivity index (χ0v) is 13.4. The number of halogens is 4. The summed E-state index contributed by atoms with van der Waals surface area (Å²) >= 11 is 5.93. The highest BCUT2D eigenvalue weighted by molar-refractivity contribution is 6.30. The van der Waals surface area contributed by atoms with Crippen LogP contribution in [0.15, 0.2) is 24.3 Å². The molecule has 2 rings (SSSR count). The van der Waals surface area contributed by atoms with E-state index in [2.05, 4.69) is 5.32 Å². The predicted molar refractivity (Wildman–Crippen MR) is 81.0 cm³/mol. The molecule has 1 aliphatic rings. The van der Waals surface area contributed by atoms with Crippen LogP contribution in [0.1, 0.15) is 31.2 Å². The number of alkyl halides is 3. The lowest BCUT2D eigenvalue weighted by atomic mass is 9.74. The first-order valence-electron chi connectivity index (χ1n) is 7.17. The van der Waals surface area contributed by atoms with Crippen molar-refractivity contribution in [3.63, 3.8) is 0 Å². The van der Waals surface area contributed by atoms with E-state index >= 15 is 0 Å². The predicted octanol–water partition coefficient (Wildman–Crippen LogP) is 3.29. The molecule has 0 aromatic heterocycles. The molecule has 1 aromatic rings. The summed E-state index contributed by atoms with van der Waals surface area (Å²) in [6.45, 7) is 1.65. The average molecular weight is 365 g/mol. The monoisotopic (exact) mass is 364 g/mol. The highest BCUT2D eigenvalue weighted by Crippen LogP contribution is 2.40. The van der Waals surface area contributed by atoms with Crippen LogP contribution in [0.25, 0.3) is 0 Å². The molecule has 1 aromatic carbocycles. The highest BCUT2D eigenvalue weighted by Gasteiger charge is 2.53. The second kappa shape index (κ2) is 6.51. The minimum atomic E-state index is -4.71. The molecule has 2 amide bonds. The average Bonchev–Trinajstić information content (AvgIpc) is 2.40. The number of carboxylic acid groups (broad SMARTS) is 1. The number of piperidine rings is 1. The van der Waals surface area contributed by atoms with Crippen LogP contribution in [0.2, 0.25) is 5.02 Å². The Balaban J connectivity index is 2.42. The molecule has 24 heavy (non-hydrogen) atoms. The van der Waals surface area contributed by atoms with Gasteiger partial charge in [-0.15, -0.1) is 0 Å². The lowest BCUT2D eigenvalue weighted by Crippen LogP contribution is -2.66. The van der Waals surface area contributed by atoms with Crippen molar-refractivity contribution in [1.29, 1.82) is 0 Å². The summed E-state index contributed by atoms with van der Waals surface area (Å²) in [5.74, 6) is -1.50. The summed E-state index contributed by atoms with van der Waals surface area (Å²) in [6.07, 6.45) is -8.29. The largest absolute Gasteiger partial charge is 0.465 e. The zero-order chi connectivity index (χ0) is 18.1. The summed E-state index contributed by atoms with van der Waals surface area (Å²) in [6, 6.07) is 6.09. The van der Waals surface area contributed by atoms with Crippen molar-refractivity contribution in [2.45, 2.75) is 43.4 Å². The van der Waals surface area contributed by atoms with E-state index in [1.165, 1.54) is 0 Å². The lowest BCUT2D eigenvalue weighted by molar-refractivity contribution is -0.163. The Morgan fingerprint density at radius 3 is 2.71 bits per heavy atom. The first-order valence-corrected chi connectivity index (χ1v) is 7.54. The molecule has 9 heteroatoms. The van der Waals surface area contributed by atoms with E-state index < -0.39 is 42.1 Å². The molecule has 1 saturated heterocycles. The maximum absolute atomic E-state index is 13.0. The second-order valence-electron chi connectivity index (χ2n) is 5.93. The van der Waals surface area contributed by atoms with Crippen molar-refractivity contribution < 1.29 is 27.9 Å². The van der Waals surface area contributed by atoms with Crippen molar-refractivity contribution >= 4 is 23.6 Å². The maximum Gasteiger partial charge on any atom is 0.405 e. The van der Waals surface area contributed by atoms with Gasteiger partial charge in [0.1, 0.15) is 5.54 Å². The van der Waals surface area contributed by atoms with Crippen LogP contribution in [0.3, 0.4) is 0 Å². The van der Waals surface area contributed by atoms with Crippen molar-refractivity contribution in [1.82, 2.24) is 10.6 Å². The van der Waals surface area contributed by atoms with Gasteiger partial charge in [0, 0.05) is 17.0 Å². The fourth-order valence-electron chi connectivity index (χ4n) is 3.09. The van der Waals surface area contributed by atoms with Gasteiger partial charge in [-0.25, -0.2) is 4.79 Å². The number of carbonyl (C=O) groups excluding carboxylic acids is 1. The molecule has 5 nitrogen and oxygen atoms in total.